The quantitative estimate of drug-likeness (QED) is 0.335. The standard InChI is InChI=1S/C29H32N6O3/c1-19(2)28-27(24-8-4-5-15-34(24)33-28)23-13-14-26(37)35(32-23)16-6-7-17-38-22-11-9-21(10-12-22)29-20(3)18-25(36)30-31-29/h4-5,8-15,19-20H,6-7,16-18H2,1-3H3,(H,30,36). The van der Waals surface area contributed by atoms with Crippen LogP contribution in [0.5, 0.6) is 5.75 Å². The maximum Gasteiger partial charge on any atom is 0.266 e. The smallest absolute Gasteiger partial charge is 0.266 e. The molecule has 1 aromatic carbocycles. The van der Waals surface area contributed by atoms with Crippen molar-refractivity contribution in [3.8, 4) is 17.0 Å². The average molecular weight is 513 g/mol. The van der Waals surface area contributed by atoms with Crippen LogP contribution < -0.4 is 15.7 Å². The summed E-state index contributed by atoms with van der Waals surface area (Å²) in [6.45, 7) is 7.26. The largest absolute Gasteiger partial charge is 0.494 e. The lowest BCUT2D eigenvalue weighted by molar-refractivity contribution is -0.121. The van der Waals surface area contributed by atoms with Gasteiger partial charge in [-0.25, -0.2) is 14.6 Å². The molecule has 0 aliphatic carbocycles. The number of fused-ring (bicyclic) bond motifs is 1. The van der Waals surface area contributed by atoms with Gasteiger partial charge in [-0.05, 0) is 66.8 Å². The number of unbranched alkanes of at least 4 members (excludes halogenated alkanes) is 1. The molecular formula is C29H32N6O3. The average Bonchev–Trinajstić information content (AvgIpc) is 3.30. The number of aromatic nitrogens is 4. The molecule has 1 aliphatic rings. The second kappa shape index (κ2) is 11.0. The van der Waals surface area contributed by atoms with Gasteiger partial charge in [-0.15, -0.1) is 0 Å². The Hall–Kier alpha value is -4.27. The molecule has 3 aromatic heterocycles. The Bertz CT molecular complexity index is 1530. The van der Waals surface area contributed by atoms with Gasteiger partial charge in [0.1, 0.15) is 5.75 Å². The summed E-state index contributed by atoms with van der Waals surface area (Å²) in [4.78, 5) is 24.0. The van der Waals surface area contributed by atoms with Crippen molar-refractivity contribution in [3.63, 3.8) is 0 Å². The van der Waals surface area contributed by atoms with E-state index in [1.165, 1.54) is 4.68 Å². The van der Waals surface area contributed by atoms with Crippen molar-refractivity contribution >= 4 is 17.1 Å². The molecule has 5 rings (SSSR count). The lowest BCUT2D eigenvalue weighted by Crippen LogP contribution is -2.31. The Labute approximate surface area is 221 Å². The van der Waals surface area contributed by atoms with E-state index in [0.717, 1.165) is 52.3 Å². The van der Waals surface area contributed by atoms with Gasteiger partial charge in [0.15, 0.2) is 0 Å². The molecular weight excluding hydrogens is 480 g/mol. The molecule has 38 heavy (non-hydrogen) atoms. The number of hydrogen-bond acceptors (Lipinski definition) is 6. The first kappa shape index (κ1) is 25.4. The molecule has 1 atom stereocenters. The van der Waals surface area contributed by atoms with E-state index in [0.29, 0.717) is 19.6 Å². The number of hydrogen-bond donors (Lipinski definition) is 1. The molecule has 9 nitrogen and oxygen atoms in total. The van der Waals surface area contributed by atoms with Crippen molar-refractivity contribution in [1.82, 2.24) is 24.8 Å². The molecule has 1 aliphatic heterocycles. The minimum Gasteiger partial charge on any atom is -0.494 e. The Kier molecular flexibility index (Phi) is 7.35. The third kappa shape index (κ3) is 5.37. The van der Waals surface area contributed by atoms with Crippen molar-refractivity contribution in [2.24, 2.45) is 11.0 Å². The van der Waals surface area contributed by atoms with Gasteiger partial charge in [-0.2, -0.15) is 15.3 Å². The first-order valence-corrected chi connectivity index (χ1v) is 13.1. The molecule has 196 valence electrons. The van der Waals surface area contributed by atoms with E-state index in [1.54, 1.807) is 12.1 Å². The van der Waals surface area contributed by atoms with Crippen LogP contribution in [0.4, 0.5) is 0 Å². The number of pyridine rings is 1. The number of ether oxygens (including phenoxy) is 1. The van der Waals surface area contributed by atoms with Gasteiger partial charge in [0.25, 0.3) is 5.56 Å². The van der Waals surface area contributed by atoms with Crippen LogP contribution in [-0.4, -0.2) is 37.6 Å². The van der Waals surface area contributed by atoms with Crippen molar-refractivity contribution < 1.29 is 9.53 Å². The number of carbonyl (C=O) groups is 1. The monoisotopic (exact) mass is 512 g/mol. The minimum absolute atomic E-state index is 0.0545. The number of nitrogens with one attached hydrogen (secondary N) is 1. The number of benzene rings is 1. The highest BCUT2D eigenvalue weighted by molar-refractivity contribution is 6.05. The van der Waals surface area contributed by atoms with E-state index in [9.17, 15) is 9.59 Å². The van der Waals surface area contributed by atoms with Crippen LogP contribution in [0, 0.1) is 5.92 Å². The van der Waals surface area contributed by atoms with Gasteiger partial charge in [0.05, 0.1) is 34.8 Å². The Morgan fingerprint density at radius 3 is 2.61 bits per heavy atom. The zero-order chi connectivity index (χ0) is 26.6. The topological polar surface area (TPSA) is 103 Å². The van der Waals surface area contributed by atoms with Gasteiger partial charge in [-0.3, -0.25) is 9.59 Å². The highest BCUT2D eigenvalue weighted by Crippen LogP contribution is 2.31. The maximum absolute atomic E-state index is 12.5. The van der Waals surface area contributed by atoms with Gasteiger partial charge in [0.2, 0.25) is 5.91 Å². The number of carbonyl (C=O) groups excluding carboxylic acids is 1. The van der Waals surface area contributed by atoms with E-state index in [4.69, 9.17) is 14.9 Å². The normalized spacial score (nSPS) is 15.5. The fraction of sp³-hybridized carbons (Fsp3) is 0.345. The molecule has 9 heteroatoms. The first-order chi connectivity index (χ1) is 18.4. The number of rotatable bonds is 9. The highest BCUT2D eigenvalue weighted by Gasteiger charge is 2.21. The van der Waals surface area contributed by atoms with Gasteiger partial charge in [-0.1, -0.05) is 26.8 Å². The second-order valence-electron chi connectivity index (χ2n) is 9.94. The maximum atomic E-state index is 12.5. The fourth-order valence-electron chi connectivity index (χ4n) is 4.70. The first-order valence-electron chi connectivity index (χ1n) is 13.1. The molecule has 4 aromatic rings. The van der Waals surface area contributed by atoms with Gasteiger partial charge in [0, 0.05) is 31.1 Å². The molecule has 4 heterocycles. The van der Waals surface area contributed by atoms with E-state index in [1.807, 2.05) is 60.1 Å². The summed E-state index contributed by atoms with van der Waals surface area (Å²) in [5.74, 6) is 1.02. The third-order valence-corrected chi connectivity index (χ3v) is 6.68. The summed E-state index contributed by atoms with van der Waals surface area (Å²) in [5.41, 5.74) is 7.94. The van der Waals surface area contributed by atoms with E-state index >= 15 is 0 Å². The van der Waals surface area contributed by atoms with Crippen LogP contribution in [0.3, 0.4) is 0 Å². The Balaban J connectivity index is 1.19. The van der Waals surface area contributed by atoms with E-state index in [-0.39, 0.29) is 23.3 Å². The molecule has 1 amide bonds. The molecule has 0 saturated carbocycles. The van der Waals surface area contributed by atoms with Crippen molar-refractivity contribution in [2.45, 2.75) is 52.5 Å². The summed E-state index contributed by atoms with van der Waals surface area (Å²) in [5, 5.41) is 13.6. The van der Waals surface area contributed by atoms with Crippen molar-refractivity contribution in [2.75, 3.05) is 6.61 Å². The van der Waals surface area contributed by atoms with Gasteiger partial charge >= 0.3 is 0 Å². The lowest BCUT2D eigenvalue weighted by atomic mass is 9.94. The molecule has 0 bridgehead atoms. The van der Waals surface area contributed by atoms with Crippen LogP contribution in [0.1, 0.15) is 57.2 Å². The van der Waals surface area contributed by atoms with E-state index in [2.05, 4.69) is 24.4 Å². The number of amides is 1. The van der Waals surface area contributed by atoms with Crippen LogP contribution in [-0.2, 0) is 11.3 Å². The van der Waals surface area contributed by atoms with Crippen LogP contribution in [0.15, 0.2) is 70.7 Å². The summed E-state index contributed by atoms with van der Waals surface area (Å²) in [7, 11) is 0. The third-order valence-electron chi connectivity index (χ3n) is 6.68. The summed E-state index contributed by atoms with van der Waals surface area (Å²) >= 11 is 0. The lowest BCUT2D eigenvalue weighted by Gasteiger charge is -2.19. The molecule has 0 radical (unpaired) electrons. The number of aryl methyl sites for hydroxylation is 1. The van der Waals surface area contributed by atoms with E-state index < -0.39 is 0 Å². The number of nitrogens with zero attached hydrogens (tertiary/aromatic N) is 5. The molecule has 1 N–H and O–H groups in total. The van der Waals surface area contributed by atoms with Crippen LogP contribution >= 0.6 is 0 Å². The Morgan fingerprint density at radius 2 is 1.84 bits per heavy atom. The summed E-state index contributed by atoms with van der Waals surface area (Å²) in [6, 6.07) is 17.1. The molecule has 1 unspecified atom stereocenters. The zero-order valence-electron chi connectivity index (χ0n) is 21.9. The van der Waals surface area contributed by atoms with Crippen LogP contribution in [0.2, 0.25) is 0 Å². The fourth-order valence-corrected chi connectivity index (χ4v) is 4.70. The van der Waals surface area contributed by atoms with Gasteiger partial charge < -0.3 is 4.74 Å². The predicted molar refractivity (Wildman–Crippen MR) is 146 cm³/mol. The minimum atomic E-state index is -0.121. The van der Waals surface area contributed by atoms with Crippen molar-refractivity contribution in [3.05, 3.63) is 82.4 Å². The molecule has 0 saturated heterocycles. The molecule has 0 fully saturated rings. The Morgan fingerprint density at radius 1 is 1.03 bits per heavy atom. The highest BCUT2D eigenvalue weighted by atomic mass is 16.5. The summed E-state index contributed by atoms with van der Waals surface area (Å²) in [6.07, 6.45) is 3.91. The van der Waals surface area contributed by atoms with Crippen molar-refractivity contribution in [1.29, 1.82) is 0 Å². The number of hydrazone groups is 1. The SMILES string of the molecule is CC1CC(=O)NN=C1c1ccc(OCCCCn2nc(-c3c(C(C)C)nn4ccccc34)ccc2=O)cc1. The summed E-state index contributed by atoms with van der Waals surface area (Å²) < 4.78 is 9.31. The van der Waals surface area contributed by atoms with Crippen LogP contribution in [0.25, 0.3) is 16.8 Å². The predicted octanol–water partition coefficient (Wildman–Crippen LogP) is 4.40. The zero-order valence-corrected chi connectivity index (χ0v) is 21.9. The molecule has 0 spiro atoms. The second-order valence-corrected chi connectivity index (χ2v) is 9.94.